The van der Waals surface area contributed by atoms with E-state index in [0.29, 0.717) is 21.5 Å². The molecule has 0 fully saturated rings. The zero-order valence-electron chi connectivity index (χ0n) is 17.3. The van der Waals surface area contributed by atoms with Gasteiger partial charge in [-0.05, 0) is 71.4 Å². The van der Waals surface area contributed by atoms with Crippen molar-refractivity contribution in [2.24, 2.45) is 0 Å². The molecule has 0 bridgehead atoms. The number of rotatable bonds is 8. The highest BCUT2D eigenvalue weighted by molar-refractivity contribution is 7.99. The SMILES string of the molecule is CCSc1ccc(-c2c(Cl)cc(NC(=O)Cc3ccc([S+]([O-])CC)cc3)cc2Cl)cc1. The summed E-state index contributed by atoms with van der Waals surface area (Å²) in [5, 5.41) is 3.81. The number of hydrogen-bond donors (Lipinski definition) is 1. The second-order valence-corrected chi connectivity index (χ2v) is 10.7. The minimum Gasteiger partial charge on any atom is -0.611 e. The number of hydrogen-bond acceptors (Lipinski definition) is 3. The van der Waals surface area contributed by atoms with Crippen LogP contribution in [0.1, 0.15) is 19.4 Å². The lowest BCUT2D eigenvalue weighted by Gasteiger charge is -2.12. The van der Waals surface area contributed by atoms with E-state index < -0.39 is 11.2 Å². The summed E-state index contributed by atoms with van der Waals surface area (Å²) in [6.45, 7) is 3.99. The van der Waals surface area contributed by atoms with Crippen molar-refractivity contribution in [3.8, 4) is 11.1 Å². The van der Waals surface area contributed by atoms with Crippen molar-refractivity contribution in [3.05, 3.63) is 76.3 Å². The van der Waals surface area contributed by atoms with Crippen molar-refractivity contribution < 1.29 is 9.35 Å². The average Bonchev–Trinajstić information content (AvgIpc) is 2.74. The number of halogens is 2. The Morgan fingerprint density at radius 2 is 1.61 bits per heavy atom. The number of carbonyl (C=O) groups excluding carboxylic acids is 1. The van der Waals surface area contributed by atoms with Crippen molar-refractivity contribution in [2.75, 3.05) is 16.8 Å². The highest BCUT2D eigenvalue weighted by Gasteiger charge is 2.13. The first kappa shape index (κ1) is 24.0. The molecule has 7 heteroatoms. The van der Waals surface area contributed by atoms with Crippen LogP contribution in [0.4, 0.5) is 5.69 Å². The molecule has 0 aromatic heterocycles. The van der Waals surface area contributed by atoms with Crippen LogP contribution in [0.25, 0.3) is 11.1 Å². The Labute approximate surface area is 200 Å². The standard InChI is InChI=1S/C24H23Cl2NO2S2/c1-3-30-19-9-7-17(8-10-19)24-21(25)14-18(15-22(24)26)27-23(28)13-16-5-11-20(12-6-16)31(29)4-2/h5-12,14-15H,3-4,13H2,1-2H3,(H,27,28). The van der Waals surface area contributed by atoms with E-state index in [9.17, 15) is 9.35 Å². The van der Waals surface area contributed by atoms with Crippen molar-refractivity contribution >= 4 is 57.7 Å². The first-order valence-electron chi connectivity index (χ1n) is 9.90. The van der Waals surface area contributed by atoms with Gasteiger partial charge in [0.15, 0.2) is 4.90 Å². The predicted octanol–water partition coefficient (Wildman–Crippen LogP) is 7.08. The number of nitrogens with one attached hydrogen (secondary N) is 1. The largest absolute Gasteiger partial charge is 0.611 e. The molecule has 1 atom stereocenters. The molecule has 0 heterocycles. The van der Waals surface area contributed by atoms with Gasteiger partial charge in [0.05, 0.1) is 16.5 Å². The van der Waals surface area contributed by atoms with Gasteiger partial charge in [0.25, 0.3) is 0 Å². The molecular formula is C24H23Cl2NO2S2. The fourth-order valence-corrected chi connectivity index (χ4v) is 5.26. The Balaban J connectivity index is 1.70. The smallest absolute Gasteiger partial charge is 0.228 e. The summed E-state index contributed by atoms with van der Waals surface area (Å²) in [5.74, 6) is 1.40. The van der Waals surface area contributed by atoms with Crippen LogP contribution in [0.15, 0.2) is 70.5 Å². The van der Waals surface area contributed by atoms with Crippen LogP contribution in [-0.4, -0.2) is 22.0 Å². The molecule has 1 amide bonds. The fourth-order valence-electron chi connectivity index (χ4n) is 3.12. The van der Waals surface area contributed by atoms with Crippen molar-refractivity contribution in [1.82, 2.24) is 0 Å². The lowest BCUT2D eigenvalue weighted by Crippen LogP contribution is -2.14. The highest BCUT2D eigenvalue weighted by Crippen LogP contribution is 2.38. The second-order valence-electron chi connectivity index (χ2n) is 6.78. The van der Waals surface area contributed by atoms with Gasteiger partial charge in [0.2, 0.25) is 5.91 Å². The van der Waals surface area contributed by atoms with E-state index in [1.165, 1.54) is 4.90 Å². The molecule has 3 rings (SSSR count). The van der Waals surface area contributed by atoms with Crippen LogP contribution < -0.4 is 5.32 Å². The summed E-state index contributed by atoms with van der Waals surface area (Å²) in [6, 6.07) is 18.8. The molecule has 162 valence electrons. The molecule has 0 radical (unpaired) electrons. The molecule has 3 aromatic rings. The third-order valence-corrected chi connectivity index (χ3v) is 7.41. The Bertz CT molecular complexity index is 1020. The molecule has 0 saturated heterocycles. The summed E-state index contributed by atoms with van der Waals surface area (Å²) >= 11 is 13.8. The van der Waals surface area contributed by atoms with Crippen LogP contribution in [0.3, 0.4) is 0 Å². The first-order chi connectivity index (χ1) is 14.9. The number of carbonyl (C=O) groups is 1. The van der Waals surface area contributed by atoms with E-state index in [1.54, 1.807) is 36.0 Å². The van der Waals surface area contributed by atoms with Gasteiger partial charge in [0, 0.05) is 16.1 Å². The van der Waals surface area contributed by atoms with Crippen LogP contribution >= 0.6 is 35.0 Å². The van der Waals surface area contributed by atoms with Crippen molar-refractivity contribution in [1.29, 1.82) is 0 Å². The topological polar surface area (TPSA) is 52.2 Å². The maximum atomic E-state index is 12.5. The Morgan fingerprint density at radius 3 is 2.16 bits per heavy atom. The molecule has 1 N–H and O–H groups in total. The molecular weight excluding hydrogens is 469 g/mol. The van der Waals surface area contributed by atoms with Crippen molar-refractivity contribution in [2.45, 2.75) is 30.1 Å². The van der Waals surface area contributed by atoms with Crippen LogP contribution in [0.2, 0.25) is 10.0 Å². The maximum Gasteiger partial charge on any atom is 0.228 e. The van der Waals surface area contributed by atoms with Gasteiger partial charge in [-0.15, -0.1) is 11.8 Å². The molecule has 0 spiro atoms. The molecule has 1 unspecified atom stereocenters. The normalized spacial score (nSPS) is 11.9. The summed E-state index contributed by atoms with van der Waals surface area (Å²) in [4.78, 5) is 14.4. The second kappa shape index (κ2) is 11.3. The van der Waals surface area contributed by atoms with Gasteiger partial charge in [-0.1, -0.05) is 54.4 Å². The fraction of sp³-hybridized carbons (Fsp3) is 0.208. The van der Waals surface area contributed by atoms with Crippen LogP contribution in [0.5, 0.6) is 0 Å². The van der Waals surface area contributed by atoms with E-state index in [4.69, 9.17) is 23.2 Å². The van der Waals surface area contributed by atoms with Gasteiger partial charge >= 0.3 is 0 Å². The van der Waals surface area contributed by atoms with Crippen molar-refractivity contribution in [3.63, 3.8) is 0 Å². The van der Waals surface area contributed by atoms with E-state index >= 15 is 0 Å². The quantitative estimate of drug-likeness (QED) is 0.270. The lowest BCUT2D eigenvalue weighted by atomic mass is 10.0. The maximum absolute atomic E-state index is 12.5. The van der Waals surface area contributed by atoms with E-state index in [-0.39, 0.29) is 12.3 Å². The lowest BCUT2D eigenvalue weighted by molar-refractivity contribution is -0.115. The van der Waals surface area contributed by atoms with E-state index in [2.05, 4.69) is 12.2 Å². The molecule has 0 aliphatic carbocycles. The van der Waals surface area contributed by atoms with Gasteiger partial charge < -0.3 is 9.87 Å². The zero-order valence-corrected chi connectivity index (χ0v) is 20.4. The third-order valence-electron chi connectivity index (χ3n) is 4.59. The molecule has 31 heavy (non-hydrogen) atoms. The summed E-state index contributed by atoms with van der Waals surface area (Å²) < 4.78 is 11.8. The monoisotopic (exact) mass is 491 g/mol. The number of anilines is 1. The zero-order chi connectivity index (χ0) is 22.4. The van der Waals surface area contributed by atoms with Gasteiger partial charge in [0.1, 0.15) is 5.75 Å². The third kappa shape index (κ3) is 6.43. The van der Waals surface area contributed by atoms with Gasteiger partial charge in [-0.3, -0.25) is 4.79 Å². The molecule has 0 aliphatic heterocycles. The summed E-state index contributed by atoms with van der Waals surface area (Å²) in [6.07, 6.45) is 0.201. The van der Waals surface area contributed by atoms with E-state index in [0.717, 1.165) is 27.3 Å². The number of thioether (sulfide) groups is 1. The molecule has 0 aliphatic rings. The minimum absolute atomic E-state index is 0.176. The Hall–Kier alpha value is -1.63. The van der Waals surface area contributed by atoms with E-state index in [1.807, 2.05) is 43.3 Å². The van der Waals surface area contributed by atoms with Crippen LogP contribution in [0, 0.1) is 0 Å². The molecule has 3 aromatic carbocycles. The van der Waals surface area contributed by atoms with Gasteiger partial charge in [-0.2, -0.15) is 0 Å². The van der Waals surface area contributed by atoms with Gasteiger partial charge in [-0.25, -0.2) is 0 Å². The number of benzene rings is 3. The molecule has 0 saturated carbocycles. The summed E-state index contributed by atoms with van der Waals surface area (Å²) in [5.41, 5.74) is 3.06. The predicted molar refractivity (Wildman–Crippen MR) is 134 cm³/mol. The summed E-state index contributed by atoms with van der Waals surface area (Å²) in [7, 11) is 0. The first-order valence-corrected chi connectivity index (χ1v) is 13.0. The highest BCUT2D eigenvalue weighted by atomic mass is 35.5. The Kier molecular flexibility index (Phi) is 8.76. The number of amides is 1. The minimum atomic E-state index is -1.00. The van der Waals surface area contributed by atoms with Crippen LogP contribution in [-0.2, 0) is 22.4 Å². The Morgan fingerprint density at radius 1 is 1.00 bits per heavy atom. The molecule has 3 nitrogen and oxygen atoms in total. The average molecular weight is 492 g/mol.